The van der Waals surface area contributed by atoms with Gasteiger partial charge in [0.05, 0.1) is 7.11 Å². The average Bonchev–Trinajstić information content (AvgIpc) is 3.33. The number of hydrogen-bond acceptors (Lipinski definition) is 5. The second kappa shape index (κ2) is 7.43. The van der Waals surface area contributed by atoms with Gasteiger partial charge in [-0.25, -0.2) is 14.5 Å². The molecule has 0 spiro atoms. The molecule has 0 saturated heterocycles. The lowest BCUT2D eigenvalue weighted by Crippen LogP contribution is -2.43. The molecule has 1 aromatic heterocycles. The van der Waals surface area contributed by atoms with Crippen molar-refractivity contribution < 1.29 is 24.2 Å². The van der Waals surface area contributed by atoms with Crippen LogP contribution in [0.3, 0.4) is 0 Å². The number of amides is 1. The molecular weight excluding hydrogens is 396 g/mol. The van der Waals surface area contributed by atoms with E-state index in [4.69, 9.17) is 9.47 Å². The van der Waals surface area contributed by atoms with Gasteiger partial charge in [-0.2, -0.15) is 4.98 Å². The highest BCUT2D eigenvalue weighted by Gasteiger charge is 2.41. The van der Waals surface area contributed by atoms with Gasteiger partial charge >= 0.3 is 12.1 Å². The molecule has 0 saturated carbocycles. The van der Waals surface area contributed by atoms with Gasteiger partial charge in [0.1, 0.15) is 18.5 Å². The highest BCUT2D eigenvalue weighted by molar-refractivity contribution is 5.97. The number of nitrogens with zero attached hydrogens (tertiary/aromatic N) is 2. The zero-order valence-electron chi connectivity index (χ0n) is 16.8. The van der Waals surface area contributed by atoms with Crippen LogP contribution in [-0.4, -0.2) is 41.9 Å². The van der Waals surface area contributed by atoms with Crippen molar-refractivity contribution in [2.45, 2.75) is 18.4 Å². The molecule has 1 N–H and O–H groups in total. The molecule has 2 heterocycles. The predicted molar refractivity (Wildman–Crippen MR) is 113 cm³/mol. The van der Waals surface area contributed by atoms with E-state index in [1.54, 1.807) is 12.1 Å². The summed E-state index contributed by atoms with van der Waals surface area (Å²) < 4.78 is 10.8. The first-order valence-electron chi connectivity index (χ1n) is 9.99. The quantitative estimate of drug-likeness (QED) is 0.695. The van der Waals surface area contributed by atoms with Crippen LogP contribution in [0, 0.1) is 0 Å². The van der Waals surface area contributed by atoms with Crippen LogP contribution in [0.15, 0.2) is 60.7 Å². The van der Waals surface area contributed by atoms with E-state index in [2.05, 4.69) is 17.1 Å². The number of methoxy groups -OCH3 is 1. The second-order valence-corrected chi connectivity index (χ2v) is 7.57. The summed E-state index contributed by atoms with van der Waals surface area (Å²) in [7, 11) is 1.47. The minimum absolute atomic E-state index is 0.106. The number of ether oxygens (including phenoxy) is 2. The van der Waals surface area contributed by atoms with Gasteiger partial charge in [-0.15, -0.1) is 0 Å². The summed E-state index contributed by atoms with van der Waals surface area (Å²) in [6.45, 7) is 0.106. The van der Waals surface area contributed by atoms with Gasteiger partial charge in [0, 0.05) is 18.4 Å². The second-order valence-electron chi connectivity index (χ2n) is 7.57. The smallest absolute Gasteiger partial charge is 0.416 e. The first-order valence-corrected chi connectivity index (χ1v) is 9.99. The number of carbonyl (C=O) groups excluding carboxylic acids is 1. The normalized spacial score (nSPS) is 16.4. The van der Waals surface area contributed by atoms with Crippen LogP contribution in [0.2, 0.25) is 0 Å². The van der Waals surface area contributed by atoms with E-state index in [1.807, 2.05) is 36.4 Å². The summed E-state index contributed by atoms with van der Waals surface area (Å²) in [5.41, 5.74) is 5.10. The molecule has 31 heavy (non-hydrogen) atoms. The van der Waals surface area contributed by atoms with E-state index >= 15 is 0 Å². The Morgan fingerprint density at radius 1 is 1.03 bits per heavy atom. The average molecular weight is 416 g/mol. The van der Waals surface area contributed by atoms with Crippen molar-refractivity contribution in [3.63, 3.8) is 0 Å². The summed E-state index contributed by atoms with van der Waals surface area (Å²) in [5, 5.41) is 9.66. The van der Waals surface area contributed by atoms with Crippen molar-refractivity contribution in [2.75, 3.05) is 18.6 Å². The van der Waals surface area contributed by atoms with Crippen molar-refractivity contribution in [3.8, 4) is 17.0 Å². The van der Waals surface area contributed by atoms with Crippen LogP contribution >= 0.6 is 0 Å². The van der Waals surface area contributed by atoms with Crippen LogP contribution in [0.5, 0.6) is 5.88 Å². The van der Waals surface area contributed by atoms with Crippen LogP contribution in [0.1, 0.15) is 22.6 Å². The topological polar surface area (TPSA) is 89.0 Å². The Bertz CT molecular complexity index is 1150. The Hall–Kier alpha value is -3.87. The van der Waals surface area contributed by atoms with Gasteiger partial charge in [0.15, 0.2) is 0 Å². The summed E-state index contributed by atoms with van der Waals surface area (Å²) in [6, 6.07) is 18.4. The molecule has 1 aliphatic heterocycles. The van der Waals surface area contributed by atoms with Crippen molar-refractivity contribution in [1.82, 2.24) is 4.98 Å². The molecular formula is C24H20N2O5. The number of carbonyl (C=O) groups is 2. The Balaban J connectivity index is 1.43. The fourth-order valence-corrected chi connectivity index (χ4v) is 4.46. The zero-order chi connectivity index (χ0) is 21.5. The molecule has 0 bridgehead atoms. The standard InChI is InChI=1S/C24H20N2O5/c1-30-21-11-10-14-12-20(23(27)28)26(22(14)25-21)24(29)31-13-19-17-8-4-2-6-15(17)16-7-3-5-9-18(16)19/h2-11,19-20H,12-13H2,1H3,(H,27,28). The molecule has 1 aliphatic carbocycles. The van der Waals surface area contributed by atoms with Crippen LogP contribution in [0.4, 0.5) is 10.6 Å². The fraction of sp³-hybridized carbons (Fsp3) is 0.208. The van der Waals surface area contributed by atoms with Gasteiger partial charge in [-0.3, -0.25) is 0 Å². The number of benzene rings is 2. The van der Waals surface area contributed by atoms with Crippen LogP contribution in [-0.2, 0) is 16.0 Å². The zero-order valence-corrected chi connectivity index (χ0v) is 16.8. The highest BCUT2D eigenvalue weighted by Crippen LogP contribution is 2.44. The third-order valence-corrected chi connectivity index (χ3v) is 5.91. The van der Waals surface area contributed by atoms with Crippen molar-refractivity contribution in [2.24, 2.45) is 0 Å². The molecule has 5 rings (SSSR count). The van der Waals surface area contributed by atoms with E-state index < -0.39 is 18.1 Å². The maximum absolute atomic E-state index is 13.1. The minimum Gasteiger partial charge on any atom is -0.481 e. The number of carboxylic acids is 1. The Morgan fingerprint density at radius 2 is 1.68 bits per heavy atom. The van der Waals surface area contributed by atoms with E-state index in [0.29, 0.717) is 11.4 Å². The third kappa shape index (κ3) is 3.09. The molecule has 0 fully saturated rings. The summed E-state index contributed by atoms with van der Waals surface area (Å²) in [4.78, 5) is 30.3. The van der Waals surface area contributed by atoms with Crippen molar-refractivity contribution in [1.29, 1.82) is 0 Å². The first kappa shape index (κ1) is 19.1. The summed E-state index contributed by atoms with van der Waals surface area (Å²) >= 11 is 0. The molecule has 2 aromatic carbocycles. The minimum atomic E-state index is -1.11. The lowest BCUT2D eigenvalue weighted by Gasteiger charge is -2.22. The molecule has 1 unspecified atom stereocenters. The van der Waals surface area contributed by atoms with Crippen LogP contribution < -0.4 is 9.64 Å². The Kier molecular flexibility index (Phi) is 4.58. The SMILES string of the molecule is COc1ccc2c(n1)N(C(=O)OCC1c3ccccc3-c3ccccc31)C(C(=O)O)C2. The predicted octanol–water partition coefficient (Wildman–Crippen LogP) is 3.86. The van der Waals surface area contributed by atoms with E-state index in [9.17, 15) is 14.7 Å². The molecule has 3 aromatic rings. The number of hydrogen-bond donors (Lipinski definition) is 1. The van der Waals surface area contributed by atoms with Gasteiger partial charge < -0.3 is 14.6 Å². The lowest BCUT2D eigenvalue weighted by atomic mass is 9.98. The Labute approximate surface area is 178 Å². The van der Waals surface area contributed by atoms with E-state index in [0.717, 1.165) is 27.2 Å². The molecule has 1 amide bonds. The highest BCUT2D eigenvalue weighted by atomic mass is 16.6. The number of pyridine rings is 1. The van der Waals surface area contributed by atoms with Crippen LogP contribution in [0.25, 0.3) is 11.1 Å². The Morgan fingerprint density at radius 3 is 2.29 bits per heavy atom. The van der Waals surface area contributed by atoms with E-state index in [1.165, 1.54) is 7.11 Å². The van der Waals surface area contributed by atoms with E-state index in [-0.39, 0.29) is 24.8 Å². The number of fused-ring (bicyclic) bond motifs is 4. The molecule has 7 heteroatoms. The monoisotopic (exact) mass is 416 g/mol. The molecule has 156 valence electrons. The van der Waals surface area contributed by atoms with Gasteiger partial charge in [0.2, 0.25) is 5.88 Å². The molecule has 2 aliphatic rings. The summed E-state index contributed by atoms with van der Waals surface area (Å²) in [5.74, 6) is -0.643. The maximum Gasteiger partial charge on any atom is 0.416 e. The molecule has 1 atom stereocenters. The number of anilines is 1. The largest absolute Gasteiger partial charge is 0.481 e. The number of aliphatic carboxylic acids is 1. The van der Waals surface area contributed by atoms with Gasteiger partial charge in [0.25, 0.3) is 0 Å². The summed E-state index contributed by atoms with van der Waals surface area (Å²) in [6.07, 6.45) is -0.556. The van der Waals surface area contributed by atoms with Gasteiger partial charge in [-0.1, -0.05) is 48.5 Å². The number of rotatable bonds is 4. The van der Waals surface area contributed by atoms with Crippen molar-refractivity contribution in [3.05, 3.63) is 77.4 Å². The third-order valence-electron chi connectivity index (χ3n) is 5.91. The lowest BCUT2D eigenvalue weighted by molar-refractivity contribution is -0.138. The molecule has 7 nitrogen and oxygen atoms in total. The number of carboxylic acid groups (broad SMARTS) is 1. The number of aromatic nitrogens is 1. The van der Waals surface area contributed by atoms with Crippen molar-refractivity contribution >= 4 is 17.9 Å². The first-order chi connectivity index (χ1) is 15.1. The van der Waals surface area contributed by atoms with Gasteiger partial charge in [-0.05, 0) is 33.9 Å². The molecule has 0 radical (unpaired) electrons. The fourth-order valence-electron chi connectivity index (χ4n) is 4.46. The maximum atomic E-state index is 13.1.